The van der Waals surface area contributed by atoms with Gasteiger partial charge in [0.25, 0.3) is 10.0 Å². The Kier molecular flexibility index (Phi) is 8.67. The lowest BCUT2D eigenvalue weighted by atomic mass is 9.98. The number of halogens is 2. The Morgan fingerprint density at radius 3 is 2.30 bits per heavy atom. The van der Waals surface area contributed by atoms with Crippen LogP contribution in [0.5, 0.6) is 0 Å². The molecule has 1 aliphatic heterocycles. The second-order valence-electron chi connectivity index (χ2n) is 9.47. The summed E-state index contributed by atoms with van der Waals surface area (Å²) in [6, 6.07) is 20.3. The van der Waals surface area contributed by atoms with Gasteiger partial charge in [0, 0.05) is 23.8 Å². The molecule has 4 rings (SSSR count). The molecule has 0 bridgehead atoms. The number of piperidine rings is 1. The van der Waals surface area contributed by atoms with Crippen molar-refractivity contribution in [1.29, 1.82) is 0 Å². The van der Waals surface area contributed by atoms with Crippen LogP contribution in [0.2, 0.25) is 10.0 Å². The van der Waals surface area contributed by atoms with Crippen molar-refractivity contribution in [3.05, 3.63) is 88.4 Å². The van der Waals surface area contributed by atoms with E-state index in [4.69, 9.17) is 23.2 Å². The summed E-state index contributed by atoms with van der Waals surface area (Å²) < 4.78 is 28.1. The van der Waals surface area contributed by atoms with E-state index in [0.29, 0.717) is 5.02 Å². The Morgan fingerprint density at radius 1 is 1.03 bits per heavy atom. The van der Waals surface area contributed by atoms with Crippen LogP contribution in [0.3, 0.4) is 0 Å². The quantitative estimate of drug-likeness (QED) is 0.351. The second-order valence-corrected chi connectivity index (χ2v) is 12.2. The van der Waals surface area contributed by atoms with E-state index in [-0.39, 0.29) is 21.6 Å². The standard InChI is InChI=1S/C28H31Cl2N3O3S/c1-20-14-16-32(17-15-20)24-11-8-22(9-12-24)21(2)31-28(34)19-33(27-13-10-23(29)18-26(27)30)37(35,36)25-6-4-3-5-7-25/h3-13,18,20-21H,14-17,19H2,1-2H3,(H,31,34). The van der Waals surface area contributed by atoms with E-state index >= 15 is 0 Å². The fourth-order valence-electron chi connectivity index (χ4n) is 4.44. The van der Waals surface area contributed by atoms with E-state index in [1.807, 2.05) is 19.1 Å². The van der Waals surface area contributed by atoms with E-state index in [1.54, 1.807) is 24.3 Å². The first-order chi connectivity index (χ1) is 17.6. The van der Waals surface area contributed by atoms with E-state index in [0.717, 1.165) is 28.9 Å². The number of carbonyl (C=O) groups excluding carboxylic acids is 1. The molecule has 1 aliphatic rings. The highest BCUT2D eigenvalue weighted by Gasteiger charge is 2.29. The minimum absolute atomic E-state index is 0.0598. The van der Waals surface area contributed by atoms with Gasteiger partial charge in [-0.3, -0.25) is 9.10 Å². The number of hydrogen-bond acceptors (Lipinski definition) is 4. The Morgan fingerprint density at radius 2 is 1.68 bits per heavy atom. The van der Waals surface area contributed by atoms with Crippen LogP contribution in [-0.4, -0.2) is 34.0 Å². The molecule has 3 aromatic rings. The summed E-state index contributed by atoms with van der Waals surface area (Å²) in [5.41, 5.74) is 2.29. The fourth-order valence-corrected chi connectivity index (χ4v) is 6.47. The van der Waals surface area contributed by atoms with Crippen molar-refractivity contribution in [2.24, 2.45) is 5.92 Å². The molecule has 0 saturated carbocycles. The number of hydrogen-bond donors (Lipinski definition) is 1. The maximum Gasteiger partial charge on any atom is 0.264 e. The number of anilines is 2. The molecule has 3 aromatic carbocycles. The van der Waals surface area contributed by atoms with Gasteiger partial charge in [-0.25, -0.2) is 8.42 Å². The topological polar surface area (TPSA) is 69.7 Å². The van der Waals surface area contributed by atoms with Crippen molar-refractivity contribution in [1.82, 2.24) is 5.32 Å². The third-order valence-corrected chi connectivity index (χ3v) is 9.03. The number of rotatable bonds is 8. The highest BCUT2D eigenvalue weighted by molar-refractivity contribution is 7.92. The van der Waals surface area contributed by atoms with Gasteiger partial charge in [0.1, 0.15) is 6.54 Å². The summed E-state index contributed by atoms with van der Waals surface area (Å²) in [6.07, 6.45) is 2.38. The monoisotopic (exact) mass is 559 g/mol. The average Bonchev–Trinajstić information content (AvgIpc) is 2.89. The summed E-state index contributed by atoms with van der Waals surface area (Å²) in [5.74, 6) is 0.311. The molecule has 1 heterocycles. The molecule has 1 fully saturated rings. The number of amides is 1. The lowest BCUT2D eigenvalue weighted by Gasteiger charge is -2.32. The molecule has 1 saturated heterocycles. The van der Waals surface area contributed by atoms with Gasteiger partial charge in [0.05, 0.1) is 21.6 Å². The average molecular weight is 561 g/mol. The van der Waals surface area contributed by atoms with Crippen LogP contribution in [0, 0.1) is 5.92 Å². The Hall–Kier alpha value is -2.74. The highest BCUT2D eigenvalue weighted by Crippen LogP contribution is 2.33. The van der Waals surface area contributed by atoms with Crippen LogP contribution >= 0.6 is 23.2 Å². The molecule has 6 nitrogen and oxygen atoms in total. The van der Waals surface area contributed by atoms with Gasteiger partial charge in [-0.05, 0) is 73.7 Å². The van der Waals surface area contributed by atoms with Gasteiger partial charge in [0.2, 0.25) is 5.91 Å². The lowest BCUT2D eigenvalue weighted by Crippen LogP contribution is -2.41. The van der Waals surface area contributed by atoms with Crippen LogP contribution in [-0.2, 0) is 14.8 Å². The zero-order valence-electron chi connectivity index (χ0n) is 20.9. The van der Waals surface area contributed by atoms with E-state index < -0.39 is 22.5 Å². The van der Waals surface area contributed by atoms with Crippen LogP contribution in [0.4, 0.5) is 11.4 Å². The Labute approximate surface area is 229 Å². The van der Waals surface area contributed by atoms with Crippen LogP contribution in [0.25, 0.3) is 0 Å². The highest BCUT2D eigenvalue weighted by atomic mass is 35.5. The summed E-state index contributed by atoms with van der Waals surface area (Å²) in [7, 11) is -4.07. The number of benzene rings is 3. The normalized spacial score (nSPS) is 15.3. The summed E-state index contributed by atoms with van der Waals surface area (Å²) in [6.45, 7) is 5.82. The summed E-state index contributed by atoms with van der Waals surface area (Å²) in [5, 5.41) is 3.43. The first-order valence-corrected chi connectivity index (χ1v) is 14.5. The largest absolute Gasteiger partial charge is 0.372 e. The molecular formula is C28H31Cl2N3O3S. The smallest absolute Gasteiger partial charge is 0.264 e. The van der Waals surface area contributed by atoms with Crippen molar-refractivity contribution < 1.29 is 13.2 Å². The lowest BCUT2D eigenvalue weighted by molar-refractivity contribution is -0.120. The van der Waals surface area contributed by atoms with Crippen molar-refractivity contribution in [3.63, 3.8) is 0 Å². The molecule has 1 N–H and O–H groups in total. The van der Waals surface area contributed by atoms with E-state index in [2.05, 4.69) is 29.3 Å². The molecule has 1 atom stereocenters. The molecule has 9 heteroatoms. The van der Waals surface area contributed by atoms with Crippen molar-refractivity contribution in [2.75, 3.05) is 28.8 Å². The molecule has 0 radical (unpaired) electrons. The summed E-state index contributed by atoms with van der Waals surface area (Å²) in [4.78, 5) is 15.6. The second kappa shape index (κ2) is 11.8. The van der Waals surface area contributed by atoms with Gasteiger partial charge >= 0.3 is 0 Å². The van der Waals surface area contributed by atoms with Crippen LogP contribution in [0.1, 0.15) is 38.3 Å². The van der Waals surface area contributed by atoms with Crippen molar-refractivity contribution in [2.45, 2.75) is 37.6 Å². The first kappa shape index (κ1) is 27.3. The Balaban J connectivity index is 1.50. The third kappa shape index (κ3) is 6.58. The number of sulfonamides is 1. The van der Waals surface area contributed by atoms with Gasteiger partial charge < -0.3 is 10.2 Å². The molecule has 0 spiro atoms. The van der Waals surface area contributed by atoms with E-state index in [9.17, 15) is 13.2 Å². The Bertz CT molecular complexity index is 1330. The minimum atomic E-state index is -4.07. The maximum atomic E-state index is 13.5. The van der Waals surface area contributed by atoms with Gasteiger partial charge in [-0.15, -0.1) is 0 Å². The predicted octanol–water partition coefficient (Wildman–Crippen LogP) is 6.30. The zero-order chi connectivity index (χ0) is 26.6. The van der Waals surface area contributed by atoms with Crippen molar-refractivity contribution in [3.8, 4) is 0 Å². The minimum Gasteiger partial charge on any atom is -0.372 e. The van der Waals surface area contributed by atoms with E-state index in [1.165, 1.54) is 42.8 Å². The number of nitrogens with one attached hydrogen (secondary N) is 1. The van der Waals surface area contributed by atoms with Crippen LogP contribution < -0.4 is 14.5 Å². The molecule has 196 valence electrons. The molecule has 0 aliphatic carbocycles. The predicted molar refractivity (Wildman–Crippen MR) is 151 cm³/mol. The number of nitrogens with zero attached hydrogens (tertiary/aromatic N) is 2. The summed E-state index contributed by atoms with van der Waals surface area (Å²) >= 11 is 12.4. The molecule has 0 aromatic heterocycles. The van der Waals surface area contributed by atoms with Crippen LogP contribution in [0.15, 0.2) is 77.7 Å². The molecule has 1 unspecified atom stereocenters. The molecular weight excluding hydrogens is 529 g/mol. The SMILES string of the molecule is CC1CCN(c2ccc(C(C)NC(=O)CN(c3ccc(Cl)cc3Cl)S(=O)(=O)c3ccccc3)cc2)CC1. The maximum absolute atomic E-state index is 13.5. The fraction of sp³-hybridized carbons (Fsp3) is 0.321. The number of carbonyl (C=O) groups is 1. The molecule has 37 heavy (non-hydrogen) atoms. The first-order valence-electron chi connectivity index (χ1n) is 12.3. The van der Waals surface area contributed by atoms with Gasteiger partial charge in [-0.2, -0.15) is 0 Å². The zero-order valence-corrected chi connectivity index (χ0v) is 23.2. The molecule has 1 amide bonds. The third-order valence-electron chi connectivity index (χ3n) is 6.72. The van der Waals surface area contributed by atoms with Gasteiger partial charge in [0.15, 0.2) is 0 Å². The van der Waals surface area contributed by atoms with Gasteiger partial charge in [-0.1, -0.05) is 60.5 Å². The van der Waals surface area contributed by atoms with Crippen molar-refractivity contribution >= 4 is 50.5 Å².